The number of para-hydroxylation sites is 2. The fraction of sp³-hybridized carbons (Fsp3) is 0.300. The van der Waals surface area contributed by atoms with Crippen molar-refractivity contribution in [3.05, 3.63) is 53.1 Å². The molecular weight excluding hydrogens is 368 g/mol. The summed E-state index contributed by atoms with van der Waals surface area (Å²) < 4.78 is 11.2. The molecule has 27 heavy (non-hydrogen) atoms. The van der Waals surface area contributed by atoms with Gasteiger partial charge in [-0.1, -0.05) is 23.7 Å². The predicted octanol–water partition coefficient (Wildman–Crippen LogP) is 3.60. The first-order valence-electron chi connectivity index (χ1n) is 8.81. The number of hydrogen-bond acceptors (Lipinski definition) is 4. The molecule has 1 unspecified atom stereocenters. The second-order valence-corrected chi connectivity index (χ2v) is 6.43. The van der Waals surface area contributed by atoms with Gasteiger partial charge in [0.05, 0.1) is 10.6 Å². The van der Waals surface area contributed by atoms with E-state index in [1.54, 1.807) is 35.2 Å². The number of carbonyl (C=O) groups is 2. The number of fused-ring (bicyclic) bond motifs is 1. The van der Waals surface area contributed by atoms with Crippen LogP contribution < -0.4 is 14.8 Å². The lowest BCUT2D eigenvalue weighted by Crippen LogP contribution is -2.40. The van der Waals surface area contributed by atoms with Crippen LogP contribution in [-0.4, -0.2) is 42.5 Å². The zero-order valence-corrected chi connectivity index (χ0v) is 16.0. The van der Waals surface area contributed by atoms with Crippen molar-refractivity contribution in [1.82, 2.24) is 4.90 Å². The monoisotopic (exact) mass is 388 g/mol. The minimum atomic E-state index is -0.768. The maximum atomic E-state index is 12.5. The zero-order valence-electron chi connectivity index (χ0n) is 15.2. The van der Waals surface area contributed by atoms with Crippen LogP contribution in [0, 0.1) is 0 Å². The summed E-state index contributed by atoms with van der Waals surface area (Å²) in [7, 11) is 0. The van der Waals surface area contributed by atoms with Gasteiger partial charge in [-0.05, 0) is 44.2 Å². The number of ether oxygens (including phenoxy) is 2. The van der Waals surface area contributed by atoms with Crippen LogP contribution in [0.2, 0.25) is 5.02 Å². The third-order valence-electron chi connectivity index (χ3n) is 4.32. The Bertz CT molecular complexity index is 852. The van der Waals surface area contributed by atoms with E-state index in [-0.39, 0.29) is 23.4 Å². The molecule has 1 atom stereocenters. The van der Waals surface area contributed by atoms with Gasteiger partial charge in [-0.15, -0.1) is 0 Å². The van der Waals surface area contributed by atoms with Gasteiger partial charge in [0, 0.05) is 18.8 Å². The number of benzene rings is 2. The average Bonchev–Trinajstić information content (AvgIpc) is 2.68. The molecule has 1 heterocycles. The fourth-order valence-electron chi connectivity index (χ4n) is 2.82. The molecular formula is C20H21ClN2O4. The first-order valence-corrected chi connectivity index (χ1v) is 9.19. The maximum Gasteiger partial charge on any atom is 0.269 e. The number of halogens is 1. The molecule has 2 amide bonds. The number of nitrogens with one attached hydrogen (secondary N) is 1. The van der Waals surface area contributed by atoms with E-state index in [0.29, 0.717) is 35.8 Å². The first kappa shape index (κ1) is 19.0. The van der Waals surface area contributed by atoms with Gasteiger partial charge in [-0.3, -0.25) is 9.59 Å². The number of anilines is 1. The lowest BCUT2D eigenvalue weighted by Gasteiger charge is -2.25. The van der Waals surface area contributed by atoms with E-state index >= 15 is 0 Å². The van der Waals surface area contributed by atoms with E-state index in [9.17, 15) is 9.59 Å². The highest BCUT2D eigenvalue weighted by Gasteiger charge is 2.27. The lowest BCUT2D eigenvalue weighted by molar-refractivity contribution is -0.125. The number of amides is 2. The van der Waals surface area contributed by atoms with E-state index in [1.165, 1.54) is 0 Å². The van der Waals surface area contributed by atoms with Gasteiger partial charge in [0.25, 0.3) is 11.8 Å². The summed E-state index contributed by atoms with van der Waals surface area (Å²) in [6.07, 6.45) is -0.768. The molecule has 142 valence electrons. The van der Waals surface area contributed by atoms with Crippen molar-refractivity contribution in [3.8, 4) is 11.5 Å². The molecule has 3 rings (SSSR count). The molecule has 0 bridgehead atoms. The third kappa shape index (κ3) is 4.17. The largest absolute Gasteiger partial charge is 0.485 e. The summed E-state index contributed by atoms with van der Waals surface area (Å²) in [4.78, 5) is 26.6. The quantitative estimate of drug-likeness (QED) is 0.849. The van der Waals surface area contributed by atoms with Crippen LogP contribution in [0.4, 0.5) is 5.69 Å². The van der Waals surface area contributed by atoms with Crippen LogP contribution in [-0.2, 0) is 4.79 Å². The van der Waals surface area contributed by atoms with E-state index in [0.717, 1.165) is 0 Å². The van der Waals surface area contributed by atoms with Gasteiger partial charge < -0.3 is 19.7 Å². The van der Waals surface area contributed by atoms with E-state index in [1.807, 2.05) is 26.0 Å². The Morgan fingerprint density at radius 3 is 2.52 bits per heavy atom. The van der Waals surface area contributed by atoms with Crippen molar-refractivity contribution in [1.29, 1.82) is 0 Å². The zero-order chi connectivity index (χ0) is 19.4. The molecule has 6 nitrogen and oxygen atoms in total. The van der Waals surface area contributed by atoms with Gasteiger partial charge in [-0.2, -0.15) is 0 Å². The number of nitrogens with zero attached hydrogens (tertiary/aromatic N) is 1. The number of rotatable bonds is 5. The minimum Gasteiger partial charge on any atom is -0.485 e. The summed E-state index contributed by atoms with van der Waals surface area (Å²) in [5.74, 6) is 0.665. The summed E-state index contributed by atoms with van der Waals surface area (Å²) in [6.45, 7) is 5.15. The molecule has 0 radical (unpaired) electrons. The van der Waals surface area contributed by atoms with Crippen LogP contribution in [0.5, 0.6) is 11.5 Å². The SMILES string of the molecule is CCN(CC)C(=O)c1ccc(NC(=O)C2COc3ccccc3O2)cc1Cl. The van der Waals surface area contributed by atoms with Gasteiger partial charge in [0.2, 0.25) is 6.10 Å². The summed E-state index contributed by atoms with van der Waals surface area (Å²) in [6, 6.07) is 12.0. The first-order chi connectivity index (χ1) is 13.0. The molecule has 0 saturated heterocycles. The molecule has 0 aliphatic carbocycles. The maximum absolute atomic E-state index is 12.5. The van der Waals surface area contributed by atoms with Gasteiger partial charge in [0.15, 0.2) is 11.5 Å². The van der Waals surface area contributed by atoms with Crippen molar-refractivity contribution in [3.63, 3.8) is 0 Å². The lowest BCUT2D eigenvalue weighted by atomic mass is 10.1. The normalized spacial score (nSPS) is 15.1. The molecule has 2 aromatic rings. The second-order valence-electron chi connectivity index (χ2n) is 6.03. The van der Waals surface area contributed by atoms with Gasteiger partial charge >= 0.3 is 0 Å². The highest BCUT2D eigenvalue weighted by atomic mass is 35.5. The summed E-state index contributed by atoms with van der Waals surface area (Å²) in [5.41, 5.74) is 0.896. The van der Waals surface area contributed by atoms with Crippen LogP contribution in [0.15, 0.2) is 42.5 Å². The number of hydrogen-bond donors (Lipinski definition) is 1. The van der Waals surface area contributed by atoms with Crippen LogP contribution >= 0.6 is 11.6 Å². The highest BCUT2D eigenvalue weighted by Crippen LogP contribution is 2.31. The Morgan fingerprint density at radius 2 is 1.85 bits per heavy atom. The van der Waals surface area contributed by atoms with E-state index in [2.05, 4.69) is 5.32 Å². The van der Waals surface area contributed by atoms with Crippen molar-refractivity contribution < 1.29 is 19.1 Å². The van der Waals surface area contributed by atoms with E-state index in [4.69, 9.17) is 21.1 Å². The predicted molar refractivity (Wildman–Crippen MR) is 104 cm³/mol. The van der Waals surface area contributed by atoms with E-state index < -0.39 is 6.10 Å². The Hall–Kier alpha value is -2.73. The van der Waals surface area contributed by atoms with Crippen molar-refractivity contribution >= 4 is 29.1 Å². The Kier molecular flexibility index (Phi) is 5.86. The molecule has 1 aliphatic heterocycles. The van der Waals surface area contributed by atoms with Crippen molar-refractivity contribution in [2.45, 2.75) is 20.0 Å². The Labute approximate surface area is 163 Å². The molecule has 0 aromatic heterocycles. The van der Waals surface area contributed by atoms with Gasteiger partial charge in [-0.25, -0.2) is 0 Å². The van der Waals surface area contributed by atoms with Crippen molar-refractivity contribution in [2.24, 2.45) is 0 Å². The molecule has 0 fully saturated rings. The molecule has 1 N–H and O–H groups in total. The molecule has 0 saturated carbocycles. The summed E-state index contributed by atoms with van der Waals surface area (Å²) >= 11 is 6.26. The second kappa shape index (κ2) is 8.31. The smallest absolute Gasteiger partial charge is 0.269 e. The third-order valence-corrected chi connectivity index (χ3v) is 4.63. The topological polar surface area (TPSA) is 67.9 Å². The van der Waals surface area contributed by atoms with Crippen LogP contribution in [0.3, 0.4) is 0 Å². The molecule has 2 aromatic carbocycles. The fourth-order valence-corrected chi connectivity index (χ4v) is 3.08. The van der Waals surface area contributed by atoms with Crippen LogP contribution in [0.25, 0.3) is 0 Å². The number of carbonyl (C=O) groups excluding carboxylic acids is 2. The standard InChI is InChI=1S/C20H21ClN2O4/c1-3-23(4-2)20(25)14-10-9-13(11-15(14)21)22-19(24)18-12-26-16-7-5-6-8-17(16)27-18/h5-11,18H,3-4,12H2,1-2H3,(H,22,24). The Morgan fingerprint density at radius 1 is 1.15 bits per heavy atom. The van der Waals surface area contributed by atoms with Gasteiger partial charge in [0.1, 0.15) is 6.61 Å². The Balaban J connectivity index is 1.69. The molecule has 0 spiro atoms. The summed E-state index contributed by atoms with van der Waals surface area (Å²) in [5, 5.41) is 3.04. The highest BCUT2D eigenvalue weighted by molar-refractivity contribution is 6.34. The minimum absolute atomic E-state index is 0.120. The molecule has 7 heteroatoms. The van der Waals surface area contributed by atoms with Crippen molar-refractivity contribution in [2.75, 3.05) is 25.0 Å². The van der Waals surface area contributed by atoms with Crippen LogP contribution in [0.1, 0.15) is 24.2 Å². The average molecular weight is 389 g/mol. The molecule has 1 aliphatic rings.